The number of hydrogen-bond donors (Lipinski definition) is 0. The van der Waals surface area contributed by atoms with Crippen LogP contribution < -0.4 is 0 Å². The zero-order valence-corrected chi connectivity index (χ0v) is 21.0. The summed E-state index contributed by atoms with van der Waals surface area (Å²) < 4.78 is 1.33. The van der Waals surface area contributed by atoms with E-state index < -0.39 is 0 Å². The van der Waals surface area contributed by atoms with Gasteiger partial charge in [-0.25, -0.2) is 0 Å². The molecule has 0 saturated heterocycles. The van der Waals surface area contributed by atoms with Crippen LogP contribution in [-0.2, 0) is 4.79 Å². The predicted molar refractivity (Wildman–Crippen MR) is 135 cm³/mol. The third kappa shape index (κ3) is 3.45. The Kier molecular flexibility index (Phi) is 5.72. The number of nitrogens with zero attached hydrogens (tertiary/aromatic N) is 2. The van der Waals surface area contributed by atoms with Crippen molar-refractivity contribution in [1.82, 2.24) is 5.01 Å². The third-order valence-electron chi connectivity index (χ3n) is 9.58. The van der Waals surface area contributed by atoms with Crippen LogP contribution in [0.1, 0.15) is 90.7 Å². The van der Waals surface area contributed by atoms with Crippen LogP contribution in [0.2, 0.25) is 0 Å². The van der Waals surface area contributed by atoms with Crippen LogP contribution in [0.25, 0.3) is 10.1 Å². The first-order chi connectivity index (χ1) is 15.3. The summed E-state index contributed by atoms with van der Waals surface area (Å²) >= 11 is 1.81. The molecule has 0 radical (unpaired) electrons. The molecule has 172 valence electrons. The van der Waals surface area contributed by atoms with Crippen molar-refractivity contribution in [1.29, 1.82) is 0 Å². The molecule has 2 fully saturated rings. The Balaban J connectivity index is 1.36. The van der Waals surface area contributed by atoms with Crippen molar-refractivity contribution in [2.45, 2.75) is 85.1 Å². The van der Waals surface area contributed by atoms with Crippen molar-refractivity contribution in [2.75, 3.05) is 6.54 Å². The molecule has 1 unspecified atom stereocenters. The van der Waals surface area contributed by atoms with Crippen molar-refractivity contribution >= 4 is 32.9 Å². The minimum absolute atomic E-state index is 0.203. The maximum absolute atomic E-state index is 13.5. The average molecular weight is 451 g/mol. The molecule has 4 heteroatoms. The molecule has 2 aromatic rings. The molecule has 0 spiro atoms. The number of unbranched alkanes of at least 4 members (excludes halogenated alkanes) is 2. The molecule has 2 bridgehead atoms. The quantitative estimate of drug-likeness (QED) is 0.388. The molecule has 2 heterocycles. The zero-order chi connectivity index (χ0) is 22.5. The maximum Gasteiger partial charge on any atom is 0.179 e. The van der Waals surface area contributed by atoms with Gasteiger partial charge in [-0.05, 0) is 70.7 Å². The van der Waals surface area contributed by atoms with Crippen LogP contribution in [0, 0.1) is 22.7 Å². The fourth-order valence-corrected chi connectivity index (χ4v) is 8.01. The molecule has 1 aromatic heterocycles. The number of fused-ring (bicyclic) bond motifs is 3. The highest BCUT2D eigenvalue weighted by Crippen LogP contribution is 2.68. The molecular formula is C28H38N2OS. The average Bonchev–Trinajstić information content (AvgIpc) is 3.48. The molecule has 32 heavy (non-hydrogen) atoms. The highest BCUT2D eigenvalue weighted by Gasteiger charge is 2.61. The van der Waals surface area contributed by atoms with Gasteiger partial charge in [0.15, 0.2) is 5.78 Å². The molecule has 2 aliphatic carbocycles. The first-order valence-corrected chi connectivity index (χ1v) is 13.6. The van der Waals surface area contributed by atoms with Gasteiger partial charge in [0.05, 0.1) is 6.04 Å². The van der Waals surface area contributed by atoms with Crippen molar-refractivity contribution in [3.8, 4) is 0 Å². The van der Waals surface area contributed by atoms with Crippen LogP contribution in [0.5, 0.6) is 0 Å². The number of hydrazone groups is 1. The number of ketones is 1. The van der Waals surface area contributed by atoms with Gasteiger partial charge in [-0.15, -0.1) is 11.3 Å². The van der Waals surface area contributed by atoms with Crippen LogP contribution in [0.4, 0.5) is 0 Å². The number of rotatable bonds is 8. The smallest absolute Gasteiger partial charge is 0.179 e. The van der Waals surface area contributed by atoms with E-state index in [1.54, 1.807) is 0 Å². The molecular weight excluding hydrogens is 412 g/mol. The van der Waals surface area contributed by atoms with Crippen LogP contribution in [0.3, 0.4) is 0 Å². The second kappa shape index (κ2) is 8.27. The molecule has 4 atom stereocenters. The van der Waals surface area contributed by atoms with Crippen molar-refractivity contribution in [2.24, 2.45) is 27.8 Å². The molecule has 0 N–H and O–H groups in total. The molecule has 5 rings (SSSR count). The maximum atomic E-state index is 13.5. The van der Waals surface area contributed by atoms with Gasteiger partial charge in [0.2, 0.25) is 0 Å². The summed E-state index contributed by atoms with van der Waals surface area (Å²) in [6, 6.07) is 8.86. The van der Waals surface area contributed by atoms with Crippen molar-refractivity contribution in [3.05, 3.63) is 35.2 Å². The standard InChI is InChI=1S/C28H38N2OS/c1-5-6-9-14-30-24(22-18-32-26-11-8-7-10-21(22)26)17-23(29-30)25(31)16-20-15-19-12-13-28(20,4)27(19,2)3/h7-8,10-11,18-20,24H,5-6,9,12-17H2,1-4H3/t19-,20-,24?,28+/m1/s1. The van der Waals surface area contributed by atoms with Crippen molar-refractivity contribution < 1.29 is 4.79 Å². The monoisotopic (exact) mass is 450 g/mol. The van der Waals surface area contributed by atoms with Crippen LogP contribution in [0.15, 0.2) is 34.7 Å². The molecule has 1 aromatic carbocycles. The minimum Gasteiger partial charge on any atom is -0.293 e. The van der Waals surface area contributed by atoms with E-state index in [-0.39, 0.29) is 6.04 Å². The first kappa shape index (κ1) is 22.1. The van der Waals surface area contributed by atoms with E-state index >= 15 is 0 Å². The number of hydrogen-bond acceptors (Lipinski definition) is 4. The van der Waals surface area contributed by atoms with Gasteiger partial charge in [-0.3, -0.25) is 9.80 Å². The summed E-state index contributed by atoms with van der Waals surface area (Å²) in [6.07, 6.45) is 8.85. The number of carbonyl (C=O) groups excluding carboxylic acids is 1. The Morgan fingerprint density at radius 3 is 2.75 bits per heavy atom. The van der Waals surface area contributed by atoms with Gasteiger partial charge in [-0.1, -0.05) is 58.7 Å². The van der Waals surface area contributed by atoms with E-state index in [2.05, 4.69) is 62.3 Å². The fourth-order valence-electron chi connectivity index (χ4n) is 7.00. The zero-order valence-electron chi connectivity index (χ0n) is 20.2. The predicted octanol–water partition coefficient (Wildman–Crippen LogP) is 7.62. The van der Waals surface area contributed by atoms with Crippen LogP contribution >= 0.6 is 11.3 Å². The molecule has 0 amide bonds. The van der Waals surface area contributed by atoms with Gasteiger partial charge in [-0.2, -0.15) is 5.10 Å². The topological polar surface area (TPSA) is 32.7 Å². The van der Waals surface area contributed by atoms with E-state index in [1.165, 1.54) is 47.8 Å². The van der Waals surface area contributed by atoms with E-state index in [9.17, 15) is 4.79 Å². The lowest BCUT2D eigenvalue weighted by molar-refractivity contribution is -0.115. The summed E-state index contributed by atoms with van der Waals surface area (Å²) in [5.41, 5.74) is 2.84. The summed E-state index contributed by atoms with van der Waals surface area (Å²) in [5, 5.41) is 10.8. The van der Waals surface area contributed by atoms with Gasteiger partial charge >= 0.3 is 0 Å². The normalized spacial score (nSPS) is 30.9. The van der Waals surface area contributed by atoms with Gasteiger partial charge < -0.3 is 0 Å². The highest BCUT2D eigenvalue weighted by molar-refractivity contribution is 7.17. The molecule has 1 aliphatic heterocycles. The van der Waals surface area contributed by atoms with Crippen LogP contribution in [-0.4, -0.2) is 23.0 Å². The SMILES string of the molecule is CCCCCN1N=C(C(=O)C[C@H]2C[C@H]3CC[C@]2(C)C3(C)C)CC1c1csc2ccccc12. The highest BCUT2D eigenvalue weighted by atomic mass is 32.1. The van der Waals surface area contributed by atoms with Crippen molar-refractivity contribution in [3.63, 3.8) is 0 Å². The van der Waals surface area contributed by atoms with E-state index in [0.29, 0.717) is 29.0 Å². The Morgan fingerprint density at radius 2 is 2.03 bits per heavy atom. The lowest BCUT2D eigenvalue weighted by Crippen LogP contribution is -2.34. The van der Waals surface area contributed by atoms with Gasteiger partial charge in [0.1, 0.15) is 5.71 Å². The third-order valence-corrected chi connectivity index (χ3v) is 10.6. The lowest BCUT2D eigenvalue weighted by atomic mass is 9.65. The second-order valence-corrected chi connectivity index (χ2v) is 12.2. The van der Waals surface area contributed by atoms with E-state index in [1.807, 2.05) is 11.3 Å². The Bertz CT molecular complexity index is 1040. The summed E-state index contributed by atoms with van der Waals surface area (Å²) in [5.74, 6) is 1.61. The molecule has 3 aliphatic rings. The largest absolute Gasteiger partial charge is 0.293 e. The van der Waals surface area contributed by atoms with Gasteiger partial charge in [0, 0.05) is 24.1 Å². The molecule has 3 nitrogen and oxygen atoms in total. The second-order valence-electron chi connectivity index (χ2n) is 11.3. The Hall–Kier alpha value is -1.68. The minimum atomic E-state index is 0.203. The fraction of sp³-hybridized carbons (Fsp3) is 0.643. The molecule has 2 saturated carbocycles. The number of carbonyl (C=O) groups is 1. The summed E-state index contributed by atoms with van der Waals surface area (Å²) in [6.45, 7) is 10.5. The first-order valence-electron chi connectivity index (χ1n) is 12.7. The Morgan fingerprint density at radius 1 is 1.22 bits per heavy atom. The van der Waals surface area contributed by atoms with Gasteiger partial charge in [0.25, 0.3) is 0 Å². The lowest BCUT2D eigenvalue weighted by Gasteiger charge is -2.39. The van der Waals surface area contributed by atoms with E-state index in [4.69, 9.17) is 5.10 Å². The Labute approximate surface area is 197 Å². The number of Topliss-reactive ketones (excluding diaryl/α,β-unsaturated/α-hetero) is 1. The summed E-state index contributed by atoms with van der Waals surface area (Å²) in [7, 11) is 0. The summed E-state index contributed by atoms with van der Waals surface area (Å²) in [4.78, 5) is 13.5. The number of benzene rings is 1. The van der Waals surface area contributed by atoms with E-state index in [0.717, 1.165) is 31.0 Å². The number of thiophene rings is 1.